The molecule has 3 rings (SSSR count). The standard InChI is InChI=1S/C21H28N4O2/c1-4-22-21(24-14-17-9-7-11-23-20(17)26-3)25-12-13-27-19(15-25)18-10-6-5-8-16(18)2/h5-11,19H,4,12-15H2,1-3H3,(H,22,24). The molecule has 144 valence electrons. The smallest absolute Gasteiger partial charge is 0.218 e. The summed E-state index contributed by atoms with van der Waals surface area (Å²) in [5, 5.41) is 3.41. The van der Waals surface area contributed by atoms with E-state index < -0.39 is 0 Å². The number of guanidine groups is 1. The highest BCUT2D eigenvalue weighted by Gasteiger charge is 2.25. The van der Waals surface area contributed by atoms with Gasteiger partial charge in [0.05, 0.1) is 26.8 Å². The maximum atomic E-state index is 6.05. The van der Waals surface area contributed by atoms with Gasteiger partial charge < -0.3 is 19.7 Å². The lowest BCUT2D eigenvalue weighted by Gasteiger charge is -2.35. The summed E-state index contributed by atoms with van der Waals surface area (Å²) in [6.07, 6.45) is 1.78. The van der Waals surface area contributed by atoms with Crippen LogP contribution in [-0.4, -0.2) is 49.2 Å². The van der Waals surface area contributed by atoms with Crippen LogP contribution in [-0.2, 0) is 11.3 Å². The first-order chi connectivity index (χ1) is 13.2. The molecule has 1 fully saturated rings. The number of methoxy groups -OCH3 is 1. The van der Waals surface area contributed by atoms with E-state index in [0.29, 0.717) is 19.0 Å². The monoisotopic (exact) mass is 368 g/mol. The molecule has 1 aromatic carbocycles. The van der Waals surface area contributed by atoms with E-state index in [-0.39, 0.29) is 6.10 Å². The number of rotatable bonds is 5. The van der Waals surface area contributed by atoms with Crippen LogP contribution in [0, 0.1) is 6.92 Å². The first-order valence-electron chi connectivity index (χ1n) is 9.41. The minimum absolute atomic E-state index is 0.0525. The van der Waals surface area contributed by atoms with Gasteiger partial charge in [0, 0.05) is 24.8 Å². The van der Waals surface area contributed by atoms with Crippen LogP contribution in [0.1, 0.15) is 29.7 Å². The summed E-state index contributed by atoms with van der Waals surface area (Å²) in [6.45, 7) is 7.82. The van der Waals surface area contributed by atoms with Crippen LogP contribution in [0.3, 0.4) is 0 Å². The number of hydrogen-bond acceptors (Lipinski definition) is 4. The summed E-state index contributed by atoms with van der Waals surface area (Å²) in [7, 11) is 1.63. The number of morpholine rings is 1. The zero-order chi connectivity index (χ0) is 19.1. The van der Waals surface area contributed by atoms with Gasteiger partial charge in [0.15, 0.2) is 5.96 Å². The predicted molar refractivity (Wildman–Crippen MR) is 107 cm³/mol. The predicted octanol–water partition coefficient (Wildman–Crippen LogP) is 2.94. The Labute approximate surface area is 161 Å². The van der Waals surface area contributed by atoms with Crippen LogP contribution < -0.4 is 10.1 Å². The van der Waals surface area contributed by atoms with E-state index >= 15 is 0 Å². The molecule has 1 N–H and O–H groups in total. The van der Waals surface area contributed by atoms with Gasteiger partial charge >= 0.3 is 0 Å². The van der Waals surface area contributed by atoms with Crippen molar-refractivity contribution in [2.24, 2.45) is 4.99 Å². The van der Waals surface area contributed by atoms with Crippen molar-refractivity contribution in [2.75, 3.05) is 33.4 Å². The van der Waals surface area contributed by atoms with Gasteiger partial charge in [-0.15, -0.1) is 0 Å². The number of nitrogens with zero attached hydrogens (tertiary/aromatic N) is 3. The average molecular weight is 368 g/mol. The van der Waals surface area contributed by atoms with Crippen molar-refractivity contribution in [2.45, 2.75) is 26.5 Å². The van der Waals surface area contributed by atoms with Crippen LogP contribution >= 0.6 is 0 Å². The third-order valence-electron chi connectivity index (χ3n) is 4.68. The van der Waals surface area contributed by atoms with Crippen LogP contribution in [0.5, 0.6) is 5.88 Å². The molecule has 1 atom stereocenters. The molecule has 0 amide bonds. The van der Waals surface area contributed by atoms with E-state index in [2.05, 4.69) is 53.3 Å². The van der Waals surface area contributed by atoms with Crippen LogP contribution in [0.15, 0.2) is 47.6 Å². The van der Waals surface area contributed by atoms with Gasteiger partial charge in [-0.1, -0.05) is 30.3 Å². The number of hydrogen-bond donors (Lipinski definition) is 1. The molecule has 0 aliphatic carbocycles. The Bertz CT molecular complexity index is 778. The van der Waals surface area contributed by atoms with Gasteiger partial charge in [-0.2, -0.15) is 0 Å². The minimum Gasteiger partial charge on any atom is -0.481 e. The molecule has 1 aliphatic rings. The fourth-order valence-electron chi connectivity index (χ4n) is 3.29. The normalized spacial score (nSPS) is 17.7. The largest absolute Gasteiger partial charge is 0.481 e. The Balaban J connectivity index is 1.76. The first-order valence-corrected chi connectivity index (χ1v) is 9.41. The number of nitrogens with one attached hydrogen (secondary N) is 1. The van der Waals surface area contributed by atoms with Crippen molar-refractivity contribution in [3.05, 3.63) is 59.3 Å². The van der Waals surface area contributed by atoms with Crippen molar-refractivity contribution in [1.82, 2.24) is 15.2 Å². The van der Waals surface area contributed by atoms with Gasteiger partial charge in [-0.3, -0.25) is 0 Å². The lowest BCUT2D eigenvalue weighted by atomic mass is 10.0. The highest BCUT2D eigenvalue weighted by molar-refractivity contribution is 5.80. The molecule has 0 spiro atoms. The third kappa shape index (κ3) is 4.77. The van der Waals surface area contributed by atoms with Gasteiger partial charge in [-0.25, -0.2) is 9.98 Å². The summed E-state index contributed by atoms with van der Waals surface area (Å²) in [6, 6.07) is 12.3. The number of aryl methyl sites for hydroxylation is 1. The molecule has 27 heavy (non-hydrogen) atoms. The molecule has 2 heterocycles. The zero-order valence-electron chi connectivity index (χ0n) is 16.3. The summed E-state index contributed by atoms with van der Waals surface area (Å²) < 4.78 is 11.4. The first kappa shape index (κ1) is 19.2. The second kappa shape index (κ2) is 9.37. The lowest BCUT2D eigenvalue weighted by molar-refractivity contribution is -0.00834. The van der Waals surface area contributed by atoms with E-state index in [0.717, 1.165) is 31.2 Å². The van der Waals surface area contributed by atoms with E-state index in [9.17, 15) is 0 Å². The Hall–Kier alpha value is -2.60. The van der Waals surface area contributed by atoms with E-state index in [1.165, 1.54) is 11.1 Å². The SMILES string of the molecule is CCNC(=NCc1cccnc1OC)N1CCOC(c2ccccc2C)C1. The topological polar surface area (TPSA) is 59.0 Å². The summed E-state index contributed by atoms with van der Waals surface area (Å²) >= 11 is 0. The molecule has 0 bridgehead atoms. The molecule has 6 heteroatoms. The third-order valence-corrected chi connectivity index (χ3v) is 4.68. The quantitative estimate of drug-likeness (QED) is 0.650. The van der Waals surface area contributed by atoms with E-state index in [1.54, 1.807) is 13.3 Å². The molecule has 1 unspecified atom stereocenters. The number of ether oxygens (including phenoxy) is 2. The van der Waals surface area contributed by atoms with Crippen molar-refractivity contribution >= 4 is 5.96 Å². The molecule has 6 nitrogen and oxygen atoms in total. The molecular weight excluding hydrogens is 340 g/mol. The fraction of sp³-hybridized carbons (Fsp3) is 0.429. The van der Waals surface area contributed by atoms with Gasteiger partial charge in [0.2, 0.25) is 5.88 Å². The zero-order valence-corrected chi connectivity index (χ0v) is 16.3. The molecule has 0 radical (unpaired) electrons. The molecular formula is C21H28N4O2. The number of aromatic nitrogens is 1. The molecule has 2 aromatic rings. The summed E-state index contributed by atoms with van der Waals surface area (Å²) in [5.74, 6) is 1.52. The fourth-order valence-corrected chi connectivity index (χ4v) is 3.29. The van der Waals surface area contributed by atoms with Gasteiger partial charge in [-0.05, 0) is 31.0 Å². The van der Waals surface area contributed by atoms with E-state index in [1.807, 2.05) is 12.1 Å². The second-order valence-electron chi connectivity index (χ2n) is 6.50. The molecule has 1 saturated heterocycles. The Kier molecular flexibility index (Phi) is 6.65. The van der Waals surface area contributed by atoms with Crippen molar-refractivity contribution in [1.29, 1.82) is 0 Å². The average Bonchev–Trinajstić information content (AvgIpc) is 2.71. The summed E-state index contributed by atoms with van der Waals surface area (Å²) in [5.41, 5.74) is 3.47. The number of aliphatic imine (C=N–C) groups is 1. The van der Waals surface area contributed by atoms with E-state index in [4.69, 9.17) is 14.5 Å². The van der Waals surface area contributed by atoms with Crippen molar-refractivity contribution in [3.8, 4) is 5.88 Å². The van der Waals surface area contributed by atoms with Gasteiger partial charge in [0.25, 0.3) is 0 Å². The molecule has 1 aromatic heterocycles. The Morgan fingerprint density at radius 1 is 1.33 bits per heavy atom. The van der Waals surface area contributed by atoms with Crippen molar-refractivity contribution < 1.29 is 9.47 Å². The maximum Gasteiger partial charge on any atom is 0.218 e. The highest BCUT2D eigenvalue weighted by atomic mass is 16.5. The van der Waals surface area contributed by atoms with Gasteiger partial charge in [0.1, 0.15) is 6.10 Å². The molecule has 1 aliphatic heterocycles. The highest BCUT2D eigenvalue weighted by Crippen LogP contribution is 2.25. The van der Waals surface area contributed by atoms with Crippen molar-refractivity contribution in [3.63, 3.8) is 0 Å². The number of benzene rings is 1. The second-order valence-corrected chi connectivity index (χ2v) is 6.50. The van der Waals surface area contributed by atoms with Crippen LogP contribution in [0.2, 0.25) is 0 Å². The minimum atomic E-state index is 0.0525. The molecule has 0 saturated carbocycles. The van der Waals surface area contributed by atoms with Crippen LogP contribution in [0.4, 0.5) is 0 Å². The van der Waals surface area contributed by atoms with Crippen LogP contribution in [0.25, 0.3) is 0 Å². The number of pyridine rings is 1. The Morgan fingerprint density at radius 3 is 2.96 bits per heavy atom. The maximum absolute atomic E-state index is 6.05. The lowest BCUT2D eigenvalue weighted by Crippen LogP contribution is -2.48. The Morgan fingerprint density at radius 2 is 2.19 bits per heavy atom. The summed E-state index contributed by atoms with van der Waals surface area (Å²) in [4.78, 5) is 11.3.